The molecule has 0 amide bonds. The number of rotatable bonds is 4. The van der Waals surface area contributed by atoms with Crippen LogP contribution in [0.1, 0.15) is 11.1 Å². The van der Waals surface area contributed by atoms with E-state index in [0.717, 1.165) is 44.5 Å². The van der Waals surface area contributed by atoms with E-state index in [0.29, 0.717) is 6.54 Å². The fraction of sp³-hybridized carbons (Fsp3) is 0.0909. The standard InChI is InChI=1S/C22H17N5O.Na/c28-14-16-3-1-4-18(12-16)20-8-9-21-22(24-20)27(26-25-21)13-15-6-7-19-17(11-15)5-2-10-23-19;/h1-12,28H,13-14H2;. The molecule has 0 bridgehead atoms. The molecule has 5 aromatic rings. The van der Waals surface area contributed by atoms with Crippen LogP contribution in [-0.2, 0) is 13.2 Å². The second-order valence-corrected chi connectivity index (χ2v) is 6.68. The first-order valence-electron chi connectivity index (χ1n) is 9.04. The fourth-order valence-electron chi connectivity index (χ4n) is 3.35. The molecule has 0 fully saturated rings. The number of aliphatic hydroxyl groups excluding tert-OH is 1. The van der Waals surface area contributed by atoms with E-state index in [4.69, 9.17) is 4.98 Å². The zero-order valence-electron chi connectivity index (χ0n) is 16.0. The molecule has 29 heavy (non-hydrogen) atoms. The molecule has 0 saturated heterocycles. The quantitative estimate of drug-likeness (QED) is 0.477. The maximum atomic E-state index is 9.38. The SMILES string of the molecule is OCc1cccc(-c2ccc3nnn(Cc4ccc5ncccc5c4)c3n2)c1.[Na]. The Labute approximate surface area is 189 Å². The van der Waals surface area contributed by atoms with Crippen molar-refractivity contribution in [3.63, 3.8) is 0 Å². The van der Waals surface area contributed by atoms with Gasteiger partial charge in [0.05, 0.1) is 24.4 Å². The Morgan fingerprint density at radius 1 is 0.862 bits per heavy atom. The molecule has 0 aliphatic carbocycles. The number of hydrogen-bond acceptors (Lipinski definition) is 5. The van der Waals surface area contributed by atoms with Crippen molar-refractivity contribution in [2.45, 2.75) is 13.2 Å². The van der Waals surface area contributed by atoms with Crippen molar-refractivity contribution < 1.29 is 5.11 Å². The summed E-state index contributed by atoms with van der Waals surface area (Å²) in [4.78, 5) is 9.15. The monoisotopic (exact) mass is 390 g/mol. The van der Waals surface area contributed by atoms with Crippen molar-refractivity contribution >= 4 is 51.6 Å². The van der Waals surface area contributed by atoms with Gasteiger partial charge in [0.25, 0.3) is 0 Å². The summed E-state index contributed by atoms with van der Waals surface area (Å²) >= 11 is 0. The summed E-state index contributed by atoms with van der Waals surface area (Å²) in [6.07, 6.45) is 1.80. The topological polar surface area (TPSA) is 76.7 Å². The average molecular weight is 390 g/mol. The van der Waals surface area contributed by atoms with Gasteiger partial charge >= 0.3 is 0 Å². The van der Waals surface area contributed by atoms with Crippen LogP contribution in [0.15, 0.2) is 72.9 Å². The Morgan fingerprint density at radius 3 is 2.66 bits per heavy atom. The number of pyridine rings is 2. The van der Waals surface area contributed by atoms with Gasteiger partial charge in [0, 0.05) is 46.7 Å². The first kappa shape index (κ1) is 19.7. The van der Waals surface area contributed by atoms with Gasteiger partial charge in [0.15, 0.2) is 5.65 Å². The second-order valence-electron chi connectivity index (χ2n) is 6.68. The molecular weight excluding hydrogens is 373 g/mol. The Morgan fingerprint density at radius 2 is 1.76 bits per heavy atom. The number of aromatic nitrogens is 5. The predicted molar refractivity (Wildman–Crippen MR) is 113 cm³/mol. The van der Waals surface area contributed by atoms with E-state index in [-0.39, 0.29) is 36.2 Å². The molecule has 0 spiro atoms. The van der Waals surface area contributed by atoms with Crippen LogP contribution in [0, 0.1) is 0 Å². The number of aliphatic hydroxyl groups is 1. The summed E-state index contributed by atoms with van der Waals surface area (Å²) in [5, 5.41) is 19.0. The van der Waals surface area contributed by atoms with Gasteiger partial charge < -0.3 is 5.11 Å². The van der Waals surface area contributed by atoms with E-state index < -0.39 is 0 Å². The number of benzene rings is 2. The summed E-state index contributed by atoms with van der Waals surface area (Å²) < 4.78 is 1.81. The van der Waals surface area contributed by atoms with Gasteiger partial charge in [-0.25, -0.2) is 9.67 Å². The third-order valence-electron chi connectivity index (χ3n) is 4.76. The van der Waals surface area contributed by atoms with Crippen LogP contribution in [0.3, 0.4) is 0 Å². The summed E-state index contributed by atoms with van der Waals surface area (Å²) in [6.45, 7) is 0.584. The molecule has 6 nitrogen and oxygen atoms in total. The van der Waals surface area contributed by atoms with Crippen molar-refractivity contribution in [1.29, 1.82) is 0 Å². The molecule has 1 radical (unpaired) electrons. The molecule has 137 valence electrons. The van der Waals surface area contributed by atoms with Gasteiger partial charge in [-0.15, -0.1) is 5.10 Å². The second kappa shape index (κ2) is 8.39. The average Bonchev–Trinajstić information content (AvgIpc) is 3.15. The molecule has 3 aromatic heterocycles. The molecule has 2 aromatic carbocycles. The Hall–Kier alpha value is -2.64. The van der Waals surface area contributed by atoms with Gasteiger partial charge in [-0.3, -0.25) is 4.98 Å². The molecule has 5 rings (SSSR count). The van der Waals surface area contributed by atoms with Gasteiger partial charge in [-0.05, 0) is 47.5 Å². The van der Waals surface area contributed by atoms with Crippen molar-refractivity contribution in [3.8, 4) is 11.3 Å². The molecule has 1 N–H and O–H groups in total. The van der Waals surface area contributed by atoms with Gasteiger partial charge in [-0.2, -0.15) is 0 Å². The largest absolute Gasteiger partial charge is 0.392 e. The number of nitrogens with zero attached hydrogens (tertiary/aromatic N) is 5. The number of fused-ring (bicyclic) bond motifs is 2. The first-order valence-corrected chi connectivity index (χ1v) is 9.04. The normalized spacial score (nSPS) is 10.9. The minimum absolute atomic E-state index is 0. The number of hydrogen-bond donors (Lipinski definition) is 1. The smallest absolute Gasteiger partial charge is 0.179 e. The first-order chi connectivity index (χ1) is 13.8. The Kier molecular flexibility index (Phi) is 5.69. The van der Waals surface area contributed by atoms with Crippen LogP contribution >= 0.6 is 0 Å². The maximum absolute atomic E-state index is 9.38. The molecule has 3 heterocycles. The third-order valence-corrected chi connectivity index (χ3v) is 4.76. The van der Waals surface area contributed by atoms with Gasteiger partial charge in [-0.1, -0.05) is 35.5 Å². The third kappa shape index (κ3) is 3.93. The van der Waals surface area contributed by atoms with E-state index in [1.54, 1.807) is 6.20 Å². The fourth-order valence-corrected chi connectivity index (χ4v) is 3.35. The summed E-state index contributed by atoms with van der Waals surface area (Å²) in [5.41, 5.74) is 6.21. The molecule has 0 aliphatic rings. The van der Waals surface area contributed by atoms with Gasteiger partial charge in [0.2, 0.25) is 0 Å². The summed E-state index contributed by atoms with van der Waals surface area (Å²) in [7, 11) is 0. The van der Waals surface area contributed by atoms with E-state index in [9.17, 15) is 5.11 Å². The van der Waals surface area contributed by atoms with E-state index in [1.165, 1.54) is 0 Å². The molecule has 0 atom stereocenters. The molecule has 0 aliphatic heterocycles. The molecule has 7 heteroatoms. The Bertz CT molecular complexity index is 1300. The van der Waals surface area contributed by atoms with Crippen molar-refractivity contribution in [1.82, 2.24) is 25.0 Å². The van der Waals surface area contributed by atoms with Crippen LogP contribution in [0.25, 0.3) is 33.3 Å². The summed E-state index contributed by atoms with van der Waals surface area (Å²) in [6, 6.07) is 21.8. The molecule has 0 unspecified atom stereocenters. The Balaban J connectivity index is 0.00000205. The van der Waals surface area contributed by atoms with Crippen molar-refractivity contribution in [2.75, 3.05) is 0 Å². The van der Waals surface area contributed by atoms with E-state index in [2.05, 4.69) is 33.5 Å². The summed E-state index contributed by atoms with van der Waals surface area (Å²) in [5.74, 6) is 0. The minimum Gasteiger partial charge on any atom is -0.392 e. The minimum atomic E-state index is 0. The van der Waals surface area contributed by atoms with Crippen LogP contribution in [0.2, 0.25) is 0 Å². The van der Waals surface area contributed by atoms with Crippen LogP contribution in [0.5, 0.6) is 0 Å². The van der Waals surface area contributed by atoms with Crippen molar-refractivity contribution in [3.05, 3.63) is 84.1 Å². The van der Waals surface area contributed by atoms with E-state index >= 15 is 0 Å². The van der Waals surface area contributed by atoms with Crippen LogP contribution < -0.4 is 0 Å². The van der Waals surface area contributed by atoms with Crippen LogP contribution in [0.4, 0.5) is 0 Å². The molecule has 0 saturated carbocycles. The predicted octanol–water partition coefficient (Wildman–Crippen LogP) is 3.20. The van der Waals surface area contributed by atoms with Crippen molar-refractivity contribution in [2.24, 2.45) is 0 Å². The zero-order chi connectivity index (χ0) is 18.9. The zero-order valence-corrected chi connectivity index (χ0v) is 18.0. The van der Waals surface area contributed by atoms with Gasteiger partial charge in [0.1, 0.15) is 5.52 Å². The maximum Gasteiger partial charge on any atom is 0.179 e. The van der Waals surface area contributed by atoms with E-state index in [1.807, 2.05) is 53.2 Å². The van der Waals surface area contributed by atoms with Crippen LogP contribution in [-0.4, -0.2) is 59.6 Å². The molecular formula is C22H17N5NaO.